The largest absolute Gasteiger partial charge is 0.487 e. The first-order chi connectivity index (χ1) is 8.94. The number of nitrogens with zero attached hydrogens (tertiary/aromatic N) is 1. The predicted octanol–water partition coefficient (Wildman–Crippen LogP) is 2.49. The molecule has 0 fully saturated rings. The summed E-state index contributed by atoms with van der Waals surface area (Å²) >= 11 is 0. The minimum atomic E-state index is -1.01. The third kappa shape index (κ3) is 2.07. The van der Waals surface area contributed by atoms with Crippen molar-refractivity contribution in [3.05, 3.63) is 35.5 Å². The lowest BCUT2D eigenvalue weighted by Crippen LogP contribution is -2.24. The molecule has 19 heavy (non-hydrogen) atoms. The van der Waals surface area contributed by atoms with Gasteiger partial charge in [0.1, 0.15) is 17.0 Å². The second kappa shape index (κ2) is 3.85. The average molecular weight is 258 g/mol. The van der Waals surface area contributed by atoms with Crippen LogP contribution >= 0.6 is 0 Å². The first kappa shape index (κ1) is 11.8. The van der Waals surface area contributed by atoms with Crippen LogP contribution in [-0.4, -0.2) is 26.9 Å². The van der Waals surface area contributed by atoms with Crippen molar-refractivity contribution in [2.45, 2.75) is 25.9 Å². The number of H-pyrrole nitrogens is 1. The van der Waals surface area contributed by atoms with E-state index in [9.17, 15) is 4.79 Å². The van der Waals surface area contributed by atoms with Crippen LogP contribution in [0.25, 0.3) is 11.3 Å². The summed E-state index contributed by atoms with van der Waals surface area (Å²) in [5.41, 5.74) is 2.56. The van der Waals surface area contributed by atoms with Crippen LogP contribution in [0.1, 0.15) is 29.9 Å². The van der Waals surface area contributed by atoms with Gasteiger partial charge in [-0.05, 0) is 43.7 Å². The maximum Gasteiger partial charge on any atom is 0.353 e. The molecule has 0 spiro atoms. The zero-order valence-corrected chi connectivity index (χ0v) is 10.7. The number of rotatable bonds is 2. The van der Waals surface area contributed by atoms with E-state index in [0.29, 0.717) is 5.69 Å². The van der Waals surface area contributed by atoms with Crippen molar-refractivity contribution in [1.82, 2.24) is 10.2 Å². The summed E-state index contributed by atoms with van der Waals surface area (Å²) in [5.74, 6) is -0.118. The molecular weight excluding hydrogens is 244 g/mol. The minimum absolute atomic E-state index is 0.0899. The van der Waals surface area contributed by atoms with Crippen molar-refractivity contribution in [3.63, 3.8) is 0 Å². The van der Waals surface area contributed by atoms with Crippen LogP contribution in [-0.2, 0) is 6.42 Å². The Balaban J connectivity index is 1.97. The molecule has 0 radical (unpaired) electrons. The highest BCUT2D eigenvalue weighted by molar-refractivity contribution is 5.86. The van der Waals surface area contributed by atoms with Gasteiger partial charge in [-0.15, -0.1) is 0 Å². The van der Waals surface area contributed by atoms with E-state index < -0.39 is 5.97 Å². The lowest BCUT2D eigenvalue weighted by Gasteiger charge is -2.16. The zero-order valence-electron chi connectivity index (χ0n) is 10.7. The summed E-state index contributed by atoms with van der Waals surface area (Å²) in [4.78, 5) is 10.8. The number of carboxylic acid groups (broad SMARTS) is 1. The van der Waals surface area contributed by atoms with Crippen LogP contribution in [0.4, 0.5) is 0 Å². The Labute approximate surface area is 110 Å². The van der Waals surface area contributed by atoms with Crippen LogP contribution in [0, 0.1) is 0 Å². The predicted molar refractivity (Wildman–Crippen MR) is 69.4 cm³/mol. The van der Waals surface area contributed by atoms with Crippen molar-refractivity contribution in [3.8, 4) is 17.0 Å². The number of benzene rings is 1. The maximum atomic E-state index is 10.8. The Morgan fingerprint density at radius 2 is 2.21 bits per heavy atom. The molecule has 2 aromatic rings. The molecule has 2 heterocycles. The van der Waals surface area contributed by atoms with E-state index in [1.165, 1.54) is 6.07 Å². The number of aromatic amines is 1. The molecule has 5 heteroatoms. The van der Waals surface area contributed by atoms with Crippen LogP contribution in [0.3, 0.4) is 0 Å². The fourth-order valence-corrected chi connectivity index (χ4v) is 2.35. The fourth-order valence-electron chi connectivity index (χ4n) is 2.35. The molecule has 0 bridgehead atoms. The highest BCUT2D eigenvalue weighted by Crippen LogP contribution is 2.36. The monoisotopic (exact) mass is 258 g/mol. The van der Waals surface area contributed by atoms with Gasteiger partial charge in [-0.2, -0.15) is 5.10 Å². The van der Waals surface area contributed by atoms with E-state index in [-0.39, 0.29) is 11.3 Å². The summed E-state index contributed by atoms with van der Waals surface area (Å²) in [6.07, 6.45) is 0.840. The van der Waals surface area contributed by atoms with E-state index >= 15 is 0 Å². The molecule has 1 aromatic heterocycles. The summed E-state index contributed by atoms with van der Waals surface area (Å²) < 4.78 is 5.81. The van der Waals surface area contributed by atoms with Crippen LogP contribution < -0.4 is 4.74 Å². The first-order valence-electron chi connectivity index (χ1n) is 6.06. The average Bonchev–Trinajstić information content (AvgIpc) is 2.89. The number of aromatic carboxylic acids is 1. The van der Waals surface area contributed by atoms with Crippen molar-refractivity contribution in [2.75, 3.05) is 0 Å². The summed E-state index contributed by atoms with van der Waals surface area (Å²) in [7, 11) is 0. The van der Waals surface area contributed by atoms with E-state index in [1.54, 1.807) is 0 Å². The normalized spacial score (nSPS) is 15.9. The Kier molecular flexibility index (Phi) is 2.38. The van der Waals surface area contributed by atoms with Gasteiger partial charge in [0.25, 0.3) is 0 Å². The van der Waals surface area contributed by atoms with Crippen LogP contribution in [0.2, 0.25) is 0 Å². The highest BCUT2D eigenvalue weighted by Gasteiger charge is 2.30. The molecular formula is C14H14N2O3. The van der Waals surface area contributed by atoms with E-state index in [2.05, 4.69) is 10.2 Å². The van der Waals surface area contributed by atoms with Gasteiger partial charge in [-0.3, -0.25) is 5.10 Å². The Morgan fingerprint density at radius 3 is 2.89 bits per heavy atom. The topological polar surface area (TPSA) is 75.2 Å². The lowest BCUT2D eigenvalue weighted by molar-refractivity contribution is 0.0690. The van der Waals surface area contributed by atoms with Gasteiger partial charge < -0.3 is 9.84 Å². The standard InChI is InChI=1S/C14H14N2O3/c1-14(2)7-9-5-8(3-4-12(9)19-14)10-6-11(13(17)18)16-15-10/h3-6H,7H2,1-2H3,(H,15,16)(H,17,18). The van der Waals surface area contributed by atoms with Gasteiger partial charge in [0.15, 0.2) is 0 Å². The molecule has 2 N–H and O–H groups in total. The molecule has 0 aliphatic carbocycles. The van der Waals surface area contributed by atoms with Crippen molar-refractivity contribution in [1.29, 1.82) is 0 Å². The van der Waals surface area contributed by atoms with Gasteiger partial charge >= 0.3 is 5.97 Å². The third-order valence-electron chi connectivity index (χ3n) is 3.17. The second-order valence-electron chi connectivity index (χ2n) is 5.33. The second-order valence-corrected chi connectivity index (χ2v) is 5.33. The Bertz CT molecular complexity index is 658. The van der Waals surface area contributed by atoms with E-state index in [0.717, 1.165) is 23.3 Å². The first-order valence-corrected chi connectivity index (χ1v) is 6.06. The van der Waals surface area contributed by atoms with Crippen molar-refractivity contribution < 1.29 is 14.6 Å². The summed E-state index contributed by atoms with van der Waals surface area (Å²) in [6, 6.07) is 7.34. The number of fused-ring (bicyclic) bond motifs is 1. The van der Waals surface area contributed by atoms with Gasteiger partial charge in [-0.25, -0.2) is 4.79 Å². The van der Waals surface area contributed by atoms with Crippen LogP contribution in [0.15, 0.2) is 24.3 Å². The molecule has 0 saturated carbocycles. The molecule has 1 aromatic carbocycles. The maximum absolute atomic E-state index is 10.8. The quantitative estimate of drug-likeness (QED) is 0.867. The SMILES string of the molecule is CC1(C)Cc2cc(-c3cc(C(=O)O)[nH]n3)ccc2O1. The lowest BCUT2D eigenvalue weighted by atomic mass is 9.99. The van der Waals surface area contributed by atoms with Gasteiger partial charge in [-0.1, -0.05) is 0 Å². The van der Waals surface area contributed by atoms with Gasteiger partial charge in [0.2, 0.25) is 0 Å². The van der Waals surface area contributed by atoms with Gasteiger partial charge in [0.05, 0.1) is 5.69 Å². The number of hydrogen-bond donors (Lipinski definition) is 2. The summed E-state index contributed by atoms with van der Waals surface area (Å²) in [5, 5.41) is 15.4. The molecule has 0 saturated heterocycles. The zero-order chi connectivity index (χ0) is 13.6. The Hall–Kier alpha value is -2.30. The molecule has 0 atom stereocenters. The van der Waals surface area contributed by atoms with Crippen molar-refractivity contribution >= 4 is 5.97 Å². The molecule has 3 rings (SSSR count). The molecule has 0 amide bonds. The number of hydrogen-bond acceptors (Lipinski definition) is 3. The Morgan fingerprint density at radius 1 is 1.42 bits per heavy atom. The van der Waals surface area contributed by atoms with Crippen molar-refractivity contribution in [2.24, 2.45) is 0 Å². The molecule has 5 nitrogen and oxygen atoms in total. The third-order valence-corrected chi connectivity index (χ3v) is 3.17. The number of nitrogens with one attached hydrogen (secondary N) is 1. The van der Waals surface area contributed by atoms with Gasteiger partial charge in [0, 0.05) is 12.0 Å². The van der Waals surface area contributed by atoms with Crippen LogP contribution in [0.5, 0.6) is 5.75 Å². The molecule has 1 aliphatic heterocycles. The van der Waals surface area contributed by atoms with E-state index in [4.69, 9.17) is 9.84 Å². The molecule has 1 aliphatic rings. The number of carboxylic acids is 1. The van der Waals surface area contributed by atoms with E-state index in [1.807, 2.05) is 32.0 Å². The summed E-state index contributed by atoms with van der Waals surface area (Å²) in [6.45, 7) is 4.09. The fraction of sp³-hybridized carbons (Fsp3) is 0.286. The number of carbonyl (C=O) groups is 1. The smallest absolute Gasteiger partial charge is 0.353 e. The number of aromatic nitrogens is 2. The minimum Gasteiger partial charge on any atom is -0.487 e. The number of ether oxygens (including phenoxy) is 1. The highest BCUT2D eigenvalue weighted by atomic mass is 16.5. The molecule has 0 unspecified atom stereocenters. The molecule has 98 valence electrons.